The van der Waals surface area contributed by atoms with Crippen LogP contribution in [0.15, 0.2) is 146 Å². The number of nitrogens with one attached hydrogen (secondary N) is 2. The van der Waals surface area contributed by atoms with E-state index in [1.807, 2.05) is 0 Å². The number of non-ortho nitro benzene ring substituents is 4. The van der Waals surface area contributed by atoms with E-state index in [-0.39, 0.29) is 133 Å². The minimum atomic E-state index is -1.11. The third-order valence-corrected chi connectivity index (χ3v) is 18.3. The molecule has 32 nitrogen and oxygen atoms in total. The van der Waals surface area contributed by atoms with Gasteiger partial charge in [-0.1, -0.05) is 0 Å². The third-order valence-electron chi connectivity index (χ3n) is 18.3. The number of methoxy groups -OCH3 is 8. The van der Waals surface area contributed by atoms with E-state index in [1.165, 1.54) is 97.1 Å². The fourth-order valence-electron chi connectivity index (χ4n) is 13.4. The topological polar surface area (TPSA) is 440 Å². The summed E-state index contributed by atoms with van der Waals surface area (Å²) in [6.45, 7) is 0. The molecule has 0 atom stereocenters. The number of ether oxygens (including phenoxy) is 8. The number of carbonyl (C=O) groups excluding carboxylic acids is 8. The second-order valence-corrected chi connectivity index (χ2v) is 23.8. The number of rotatable bonds is 16. The Morgan fingerprint density at radius 2 is 0.426 bits per heavy atom. The lowest BCUT2D eigenvalue weighted by Crippen LogP contribution is -2.12. The van der Waals surface area contributed by atoms with Gasteiger partial charge in [0.15, 0.2) is 0 Å². The highest BCUT2D eigenvalue weighted by Gasteiger charge is 2.37. The van der Waals surface area contributed by atoms with Crippen molar-refractivity contribution in [1.82, 2.24) is 19.9 Å². The van der Waals surface area contributed by atoms with Crippen LogP contribution in [0.4, 0.5) is 22.7 Å². The van der Waals surface area contributed by atoms with Gasteiger partial charge in [0.25, 0.3) is 22.7 Å². The summed E-state index contributed by atoms with van der Waals surface area (Å²) in [5.41, 5.74) is -7.10. The van der Waals surface area contributed by atoms with Crippen LogP contribution in [0.1, 0.15) is 82.9 Å². The van der Waals surface area contributed by atoms with Gasteiger partial charge >= 0.3 is 47.8 Å². The molecular formula is C76H50N8O24. The maximum Gasteiger partial charge on any atom is 0.338 e. The van der Waals surface area contributed by atoms with Gasteiger partial charge in [-0.15, -0.1) is 0 Å². The first-order chi connectivity index (χ1) is 51.8. The van der Waals surface area contributed by atoms with Gasteiger partial charge in [-0.05, 0) is 119 Å². The number of nitro benzene ring substituents is 4. The fourth-order valence-corrected chi connectivity index (χ4v) is 13.4. The van der Waals surface area contributed by atoms with E-state index in [4.69, 9.17) is 47.9 Å². The van der Waals surface area contributed by atoms with E-state index in [2.05, 4.69) is 9.97 Å². The van der Waals surface area contributed by atoms with Crippen LogP contribution in [0.3, 0.4) is 0 Å². The fraction of sp³-hybridized carbons (Fsp3) is 0.105. The first-order valence-corrected chi connectivity index (χ1v) is 31.7. The SMILES string of the molecule is COC(=O)c1cc2c(cc1C(=O)OC)-c1nc-2c(-c2ccc([N+](=O)[O-])cc2)c2[nH]c(c(-c3ccc([N+](=O)[O-])cc3)c3nc(c(-c4ccc([N+](=O)[O-])cc4)c4[nH]c(c1-c1ccc([N+](=O)[O-])cc1)c1cc(C(=O)OC)c(C(=O)OC)cc41)-c1cc(C(=O)OC)c(C(=O)OC)cc1-3)c1cc(C(=O)OC)c(C(=O)OC)cc21. The first kappa shape index (κ1) is 71.2. The average Bonchev–Trinajstić information content (AvgIpc) is 1.55. The van der Waals surface area contributed by atoms with E-state index in [0.29, 0.717) is 0 Å². The number of H-pyrrole nitrogens is 2. The summed E-state index contributed by atoms with van der Waals surface area (Å²) in [7, 11) is 8.26. The standard InChI is InChI=1S/C76H50N8O24/c1-101-69(85)49-25-41-42(26-50(49)70(86)102-2)62-58(34-11-19-38(20-12-34)82(95)96)64-45-29-53(73(89)105-5)54(74(90)106-6)30-46(45)66(79-64)60(36-15-23-40(24-16-36)84(99)100)68-48-32-56(76(92)108-8)55(75(91)107-7)31-47(48)67(80-68)59(35-13-21-39(22-14-35)83(97)98)65-44-28-52(72(88)104-4)51(71(87)103-3)27-43(44)63(78-65)57(61(41)77-62)33-9-17-37(18-10-33)81(93)94/h9-32,77,80H,1-8H3. The first-order valence-electron chi connectivity index (χ1n) is 31.7. The van der Waals surface area contributed by atoms with Crippen molar-refractivity contribution in [2.45, 2.75) is 0 Å². The van der Waals surface area contributed by atoms with Crippen molar-refractivity contribution in [2.75, 3.05) is 56.9 Å². The minimum Gasteiger partial charge on any atom is -0.465 e. The van der Waals surface area contributed by atoms with Gasteiger partial charge in [-0.2, -0.15) is 0 Å². The largest absolute Gasteiger partial charge is 0.465 e. The molecule has 0 unspecified atom stereocenters. The van der Waals surface area contributed by atoms with Crippen LogP contribution in [-0.4, -0.2) is 144 Å². The quantitative estimate of drug-likeness (QED) is 0.0392. The Labute approximate surface area is 604 Å². The smallest absolute Gasteiger partial charge is 0.338 e. The Morgan fingerprint density at radius 1 is 0.269 bits per heavy atom. The van der Waals surface area contributed by atoms with Crippen LogP contribution in [0, 0.1) is 40.5 Å². The normalized spacial score (nSPS) is 11.2. The summed E-state index contributed by atoms with van der Waals surface area (Å²) in [6.07, 6.45) is 0. The molecule has 0 saturated carbocycles. The maximum atomic E-state index is 14.4. The van der Waals surface area contributed by atoms with Crippen molar-refractivity contribution in [3.8, 4) is 89.5 Å². The monoisotopic (exact) mass is 1460 g/mol. The van der Waals surface area contributed by atoms with Crippen LogP contribution in [-0.2, 0) is 37.9 Å². The summed E-state index contributed by atoms with van der Waals surface area (Å²) in [6, 6.07) is 29.7. The minimum absolute atomic E-state index is 0.0368. The van der Waals surface area contributed by atoms with Crippen molar-refractivity contribution < 1.29 is 95.9 Å². The average molecular weight is 1460 g/mol. The van der Waals surface area contributed by atoms with E-state index in [1.54, 1.807) is 0 Å². The molecule has 0 radical (unpaired) electrons. The van der Waals surface area contributed by atoms with Crippen molar-refractivity contribution in [3.05, 3.63) is 231 Å². The molecule has 538 valence electrons. The number of aromatic amines is 2. The Kier molecular flexibility index (Phi) is 18.3. The Bertz CT molecular complexity index is 5360. The summed E-state index contributed by atoms with van der Waals surface area (Å²) in [5.74, 6) is -8.86. The molecule has 0 fully saturated rings. The maximum absolute atomic E-state index is 14.4. The number of hydrogen-bond acceptors (Lipinski definition) is 26. The van der Waals surface area contributed by atoms with E-state index in [0.717, 1.165) is 105 Å². The van der Waals surface area contributed by atoms with Crippen molar-refractivity contribution in [3.63, 3.8) is 0 Å². The third kappa shape index (κ3) is 11.8. The molecule has 0 amide bonds. The highest BCUT2D eigenvalue weighted by Crippen LogP contribution is 2.54. The van der Waals surface area contributed by atoms with Crippen LogP contribution >= 0.6 is 0 Å². The summed E-state index contributed by atoms with van der Waals surface area (Å²) >= 11 is 0. The van der Waals surface area contributed by atoms with Gasteiger partial charge < -0.3 is 47.9 Å². The number of benzene rings is 8. The summed E-state index contributed by atoms with van der Waals surface area (Å²) in [4.78, 5) is 181. The Morgan fingerprint density at radius 3 is 0.574 bits per heavy atom. The van der Waals surface area contributed by atoms with Gasteiger partial charge in [-0.3, -0.25) is 40.5 Å². The van der Waals surface area contributed by atoms with Gasteiger partial charge in [0.1, 0.15) is 0 Å². The zero-order valence-corrected chi connectivity index (χ0v) is 57.3. The molecule has 32 heteroatoms. The Balaban J connectivity index is 1.49. The molecule has 10 aromatic rings. The van der Waals surface area contributed by atoms with Crippen molar-refractivity contribution in [2.24, 2.45) is 0 Å². The lowest BCUT2D eigenvalue weighted by Gasteiger charge is -2.13. The zero-order chi connectivity index (χ0) is 77.2. The number of nitrogens with zero attached hydrogens (tertiary/aromatic N) is 6. The molecule has 3 aliphatic rings. The van der Waals surface area contributed by atoms with Crippen LogP contribution < -0.4 is 0 Å². The number of aromatic nitrogens is 4. The molecule has 2 aromatic heterocycles. The molecule has 1 aliphatic carbocycles. The van der Waals surface area contributed by atoms with Gasteiger partial charge in [0, 0.05) is 115 Å². The van der Waals surface area contributed by atoms with E-state index >= 15 is 0 Å². The number of nitro groups is 4. The van der Waals surface area contributed by atoms with Crippen LogP contribution in [0.2, 0.25) is 0 Å². The molecule has 0 saturated heterocycles. The van der Waals surface area contributed by atoms with Gasteiger partial charge in [0.2, 0.25) is 0 Å². The molecular weight excluding hydrogens is 1410 g/mol. The molecule has 2 aliphatic heterocycles. The number of carbonyl (C=O) groups is 8. The van der Waals surface area contributed by atoms with Crippen LogP contribution in [0.25, 0.3) is 133 Å². The second-order valence-electron chi connectivity index (χ2n) is 23.8. The predicted octanol–water partition coefficient (Wildman–Crippen LogP) is 13.9. The van der Waals surface area contributed by atoms with E-state index in [9.17, 15) is 78.8 Å². The van der Waals surface area contributed by atoms with Crippen molar-refractivity contribution >= 4 is 114 Å². The molecule has 13 rings (SSSR count). The van der Waals surface area contributed by atoms with Gasteiger partial charge in [0.05, 0.1) is 166 Å². The highest BCUT2D eigenvalue weighted by molar-refractivity contribution is 6.25. The molecule has 108 heavy (non-hydrogen) atoms. The summed E-state index contributed by atoms with van der Waals surface area (Å²) in [5, 5.41) is 50.5. The lowest BCUT2D eigenvalue weighted by atomic mass is 9.89. The second kappa shape index (κ2) is 27.8. The van der Waals surface area contributed by atoms with Gasteiger partial charge in [-0.25, -0.2) is 48.3 Å². The lowest BCUT2D eigenvalue weighted by molar-refractivity contribution is -0.385. The van der Waals surface area contributed by atoms with Crippen molar-refractivity contribution in [1.29, 1.82) is 0 Å². The molecule has 0 spiro atoms. The van der Waals surface area contributed by atoms with E-state index < -0.39 is 135 Å². The molecule has 2 N–H and O–H groups in total. The number of esters is 8. The summed E-state index contributed by atoms with van der Waals surface area (Å²) < 4.78 is 42.5. The molecule has 4 heterocycles. The predicted molar refractivity (Wildman–Crippen MR) is 384 cm³/mol. The number of hydrogen-bond donors (Lipinski definition) is 2. The molecule has 8 aromatic carbocycles. The zero-order valence-electron chi connectivity index (χ0n) is 57.3. The Hall–Kier alpha value is -15.2. The highest BCUT2D eigenvalue weighted by atomic mass is 16.6. The van der Waals surface area contributed by atoms with Crippen LogP contribution in [0.5, 0.6) is 0 Å². The molecule has 8 bridgehead atoms.